The number of nitrogen functional groups attached to an aromatic ring is 1. The van der Waals surface area contributed by atoms with Crippen molar-refractivity contribution in [3.8, 4) is 0 Å². The molecular weight excluding hydrogens is 576 g/mol. The van der Waals surface area contributed by atoms with Crippen LogP contribution < -0.4 is 5.73 Å². The van der Waals surface area contributed by atoms with Gasteiger partial charge in [0.25, 0.3) is 0 Å². The molecule has 5 N–H and O–H groups in total. The molecule has 10 heteroatoms. The number of carbonyl (C=O) groups excluding carboxylic acids is 2. The van der Waals surface area contributed by atoms with Gasteiger partial charge in [-0.2, -0.15) is 0 Å². The zero-order chi connectivity index (χ0) is 31.9. The molecule has 1 saturated heterocycles. The number of anilines is 1. The first-order valence-corrected chi connectivity index (χ1v) is 15.8. The number of ether oxygens (including phenoxy) is 3. The lowest BCUT2D eigenvalue weighted by Gasteiger charge is -2.59. The van der Waals surface area contributed by atoms with Gasteiger partial charge >= 0.3 is 0 Å². The van der Waals surface area contributed by atoms with Gasteiger partial charge in [0.2, 0.25) is 0 Å². The number of methoxy groups -OCH3 is 1. The highest BCUT2D eigenvalue weighted by atomic mass is 16.7. The Morgan fingerprint density at radius 2 is 2.07 bits per heavy atom. The molecule has 1 aromatic carbocycles. The monoisotopic (exact) mass is 618 g/mol. The van der Waals surface area contributed by atoms with E-state index in [0.717, 1.165) is 24.0 Å². The quantitative estimate of drug-likeness (QED) is 0.270. The molecule has 45 heavy (non-hydrogen) atoms. The third-order valence-electron chi connectivity index (χ3n) is 11.8. The van der Waals surface area contributed by atoms with Gasteiger partial charge in [0, 0.05) is 47.9 Å². The molecule has 0 bridgehead atoms. The number of benzene rings is 1. The van der Waals surface area contributed by atoms with Crippen LogP contribution in [0.1, 0.15) is 68.9 Å². The van der Waals surface area contributed by atoms with Crippen LogP contribution in [0.5, 0.6) is 0 Å². The summed E-state index contributed by atoms with van der Waals surface area (Å²) in [4.78, 5) is 26.1. The van der Waals surface area contributed by atoms with E-state index in [1.807, 2.05) is 42.0 Å². The van der Waals surface area contributed by atoms with E-state index in [-0.39, 0.29) is 23.5 Å². The number of Topliss-reactive ketones (excluding diaryl/α,β-unsaturated/α-hetero) is 1. The van der Waals surface area contributed by atoms with E-state index in [4.69, 9.17) is 19.9 Å². The van der Waals surface area contributed by atoms with Gasteiger partial charge in [-0.15, -0.1) is 0 Å². The van der Waals surface area contributed by atoms with Crippen LogP contribution in [0.25, 0.3) is 0 Å². The standard InChI is InChI=1S/C35H42N2O8/c1-33-10-9-23(39)13-21(33)7-8-24-25-14-29-35(28(41)18-38,34(25,2)15-27(40)30(24)33)45-32(44-29)20-12-26(31(42)43-3)37(17-20)16-19-5-4-6-22(36)11-19/h4-6,9-13,17,24-25,27,29-32,38,40,42H,7-8,14-16,18,36H2,1-3H3/t24-,25-,27-,29+,30+,31?,32+,33-,34-,35+/m0/s1. The number of allylic oxidation sites excluding steroid dienone is 4. The topological polar surface area (TPSA) is 153 Å². The van der Waals surface area contributed by atoms with Crippen LogP contribution in [-0.4, -0.2) is 63.0 Å². The van der Waals surface area contributed by atoms with Crippen molar-refractivity contribution in [3.05, 3.63) is 77.2 Å². The number of aliphatic hydroxyl groups is 3. The second-order valence-corrected chi connectivity index (χ2v) is 14.0. The van der Waals surface area contributed by atoms with Gasteiger partial charge in [-0.3, -0.25) is 9.59 Å². The Morgan fingerprint density at radius 3 is 2.80 bits per heavy atom. The smallest absolute Gasteiger partial charge is 0.196 e. The van der Waals surface area contributed by atoms with Gasteiger partial charge in [0.05, 0.1) is 17.9 Å². The van der Waals surface area contributed by atoms with Crippen molar-refractivity contribution >= 4 is 17.3 Å². The number of nitrogens with zero attached hydrogens (tertiary/aromatic N) is 1. The third-order valence-corrected chi connectivity index (χ3v) is 11.8. The van der Waals surface area contributed by atoms with Gasteiger partial charge in [0.15, 0.2) is 29.7 Å². The van der Waals surface area contributed by atoms with Crippen LogP contribution in [0.3, 0.4) is 0 Å². The number of ketones is 2. The second kappa shape index (κ2) is 10.7. The van der Waals surface area contributed by atoms with Crippen molar-refractivity contribution < 1.29 is 39.1 Å². The molecule has 1 aromatic heterocycles. The van der Waals surface area contributed by atoms with Gasteiger partial charge in [0.1, 0.15) is 6.61 Å². The molecule has 10 atom stereocenters. The van der Waals surface area contributed by atoms with E-state index >= 15 is 0 Å². The molecule has 10 nitrogen and oxygen atoms in total. The predicted octanol–water partition coefficient (Wildman–Crippen LogP) is 3.36. The van der Waals surface area contributed by atoms with Crippen LogP contribution >= 0.6 is 0 Å². The number of hydrogen-bond acceptors (Lipinski definition) is 9. The minimum atomic E-state index is -1.46. The number of rotatable bonds is 7. The Balaban J connectivity index is 1.23. The first-order valence-electron chi connectivity index (χ1n) is 15.8. The maximum Gasteiger partial charge on any atom is 0.196 e. The zero-order valence-electron chi connectivity index (χ0n) is 25.9. The number of nitrogens with two attached hydrogens (primary N) is 1. The number of hydrogen-bond donors (Lipinski definition) is 4. The molecule has 240 valence electrons. The minimum Gasteiger partial charge on any atom is -0.399 e. The zero-order valence-corrected chi connectivity index (χ0v) is 25.9. The number of aliphatic hydroxyl groups excluding tert-OH is 3. The first-order chi connectivity index (χ1) is 21.4. The molecule has 0 spiro atoms. The van der Waals surface area contributed by atoms with Crippen molar-refractivity contribution in [2.75, 3.05) is 19.5 Å². The molecule has 3 saturated carbocycles. The summed E-state index contributed by atoms with van der Waals surface area (Å²) in [6.45, 7) is 3.81. The van der Waals surface area contributed by atoms with Crippen LogP contribution in [0, 0.1) is 28.6 Å². The van der Waals surface area contributed by atoms with E-state index in [1.54, 1.807) is 24.3 Å². The molecule has 1 aliphatic heterocycles. The van der Waals surface area contributed by atoms with Crippen molar-refractivity contribution in [1.82, 2.24) is 4.57 Å². The van der Waals surface area contributed by atoms with Gasteiger partial charge in [-0.05, 0) is 73.4 Å². The molecule has 2 heterocycles. The van der Waals surface area contributed by atoms with Gasteiger partial charge < -0.3 is 39.8 Å². The molecule has 5 aliphatic rings. The fourth-order valence-electron chi connectivity index (χ4n) is 9.87. The SMILES string of the molecule is COC(O)c1cc([C@@H]2O[C@@H]3C[C@H]4[C@@H]5CCC6=CC(=O)C=C[C@]6(C)[C@H]5[C@@H](O)C[C@]4(C)[C@]3(C(=O)CO)O2)cn1Cc1cccc(N)c1. The summed E-state index contributed by atoms with van der Waals surface area (Å²) >= 11 is 0. The van der Waals surface area contributed by atoms with Crippen LogP contribution in [-0.2, 0) is 30.3 Å². The summed E-state index contributed by atoms with van der Waals surface area (Å²) in [5.74, 6) is -0.519. The summed E-state index contributed by atoms with van der Waals surface area (Å²) in [5.41, 5.74) is 6.98. The molecule has 0 amide bonds. The van der Waals surface area contributed by atoms with Crippen molar-refractivity contribution in [2.45, 2.75) is 76.5 Å². The van der Waals surface area contributed by atoms with Crippen molar-refractivity contribution in [2.24, 2.45) is 28.6 Å². The number of aromatic nitrogens is 1. The van der Waals surface area contributed by atoms with Gasteiger partial charge in [-0.1, -0.05) is 37.6 Å². The van der Waals surface area contributed by atoms with E-state index in [0.29, 0.717) is 36.3 Å². The average molecular weight is 619 g/mol. The summed E-state index contributed by atoms with van der Waals surface area (Å²) in [5, 5.41) is 32.9. The maximum absolute atomic E-state index is 13.9. The molecule has 7 rings (SSSR count). The third kappa shape index (κ3) is 4.37. The van der Waals surface area contributed by atoms with Crippen LogP contribution in [0.2, 0.25) is 0 Å². The van der Waals surface area contributed by atoms with Crippen molar-refractivity contribution in [1.29, 1.82) is 0 Å². The lowest BCUT2D eigenvalue weighted by Crippen LogP contribution is -2.63. The molecule has 1 unspecified atom stereocenters. The summed E-state index contributed by atoms with van der Waals surface area (Å²) < 4.78 is 20.4. The second-order valence-electron chi connectivity index (χ2n) is 14.0. The Kier molecular flexibility index (Phi) is 7.27. The fraction of sp³-hybridized carbons (Fsp3) is 0.543. The molecule has 0 radical (unpaired) electrons. The first kappa shape index (κ1) is 30.5. The largest absolute Gasteiger partial charge is 0.399 e. The lowest BCUT2D eigenvalue weighted by atomic mass is 9.46. The van der Waals surface area contributed by atoms with Gasteiger partial charge in [-0.25, -0.2) is 0 Å². The summed E-state index contributed by atoms with van der Waals surface area (Å²) in [6, 6.07) is 9.22. The number of fused-ring (bicyclic) bond motifs is 7. The number of carbonyl (C=O) groups is 2. The Bertz CT molecular complexity index is 1600. The highest BCUT2D eigenvalue weighted by Crippen LogP contribution is 2.70. The molecule has 2 aromatic rings. The fourth-order valence-corrected chi connectivity index (χ4v) is 9.87. The lowest BCUT2D eigenvalue weighted by molar-refractivity contribution is -0.201. The highest BCUT2D eigenvalue weighted by Gasteiger charge is 2.76. The van der Waals surface area contributed by atoms with E-state index in [1.165, 1.54) is 7.11 Å². The minimum absolute atomic E-state index is 0.00392. The normalized spacial score (nSPS) is 39.1. The van der Waals surface area contributed by atoms with Crippen LogP contribution in [0.15, 0.2) is 60.3 Å². The van der Waals surface area contributed by atoms with E-state index < -0.39 is 53.6 Å². The van der Waals surface area contributed by atoms with E-state index in [9.17, 15) is 24.9 Å². The highest BCUT2D eigenvalue weighted by molar-refractivity contribution is 6.01. The maximum atomic E-state index is 13.9. The summed E-state index contributed by atoms with van der Waals surface area (Å²) in [6.07, 6.45) is 5.95. The Labute approximate surface area is 262 Å². The molecule has 4 fully saturated rings. The van der Waals surface area contributed by atoms with E-state index in [2.05, 4.69) is 6.92 Å². The average Bonchev–Trinajstić information content (AvgIpc) is 3.67. The molecular formula is C35H42N2O8. The Morgan fingerprint density at radius 1 is 1.27 bits per heavy atom. The van der Waals surface area contributed by atoms with Crippen molar-refractivity contribution in [3.63, 3.8) is 0 Å². The van der Waals surface area contributed by atoms with Crippen LogP contribution in [0.4, 0.5) is 5.69 Å². The molecule has 4 aliphatic carbocycles. The predicted molar refractivity (Wildman–Crippen MR) is 163 cm³/mol. The Hall–Kier alpha value is -3.12. The summed E-state index contributed by atoms with van der Waals surface area (Å²) in [7, 11) is 1.41.